The fourth-order valence-electron chi connectivity index (χ4n) is 3.60. The molecule has 0 aliphatic carbocycles. The van der Waals surface area contributed by atoms with Gasteiger partial charge in [0.1, 0.15) is 11.3 Å². The van der Waals surface area contributed by atoms with E-state index in [1.807, 2.05) is 55.5 Å². The highest BCUT2D eigenvalue weighted by atomic mass is 16.5. The molecule has 0 aliphatic heterocycles. The Labute approximate surface area is 185 Å². The number of oxazole rings is 1. The normalized spacial score (nSPS) is 11.0. The number of rotatable bonds is 6. The number of carbonyl (C=O) groups is 1. The molecule has 0 aliphatic rings. The van der Waals surface area contributed by atoms with E-state index in [-0.39, 0.29) is 5.91 Å². The number of fused-ring (bicyclic) bond motifs is 2. The number of anilines is 1. The number of benzene rings is 4. The maximum atomic E-state index is 12.7. The fourth-order valence-corrected chi connectivity index (χ4v) is 3.60. The Morgan fingerprint density at radius 1 is 0.938 bits per heavy atom. The molecular weight excluding hydrogens is 400 g/mol. The summed E-state index contributed by atoms with van der Waals surface area (Å²) in [6.07, 6.45) is 0.912. The number of nitrogens with zero attached hydrogens (tertiary/aromatic N) is 1. The predicted octanol–water partition coefficient (Wildman–Crippen LogP) is 6.69. The van der Waals surface area contributed by atoms with Gasteiger partial charge in [0.15, 0.2) is 5.58 Å². The molecule has 32 heavy (non-hydrogen) atoms. The van der Waals surface area contributed by atoms with Crippen LogP contribution >= 0.6 is 0 Å². The maximum absolute atomic E-state index is 12.7. The molecular formula is C27H22N2O3. The van der Waals surface area contributed by atoms with E-state index in [0.717, 1.165) is 17.4 Å². The fraction of sp³-hybridized carbons (Fsp3) is 0.111. The lowest BCUT2D eigenvalue weighted by Gasteiger charge is -2.08. The third-order valence-electron chi connectivity index (χ3n) is 5.21. The first-order valence-corrected chi connectivity index (χ1v) is 10.6. The Balaban J connectivity index is 1.38. The molecule has 0 bridgehead atoms. The van der Waals surface area contributed by atoms with Gasteiger partial charge < -0.3 is 14.5 Å². The average Bonchev–Trinajstić information content (AvgIpc) is 3.26. The van der Waals surface area contributed by atoms with Gasteiger partial charge in [0.05, 0.1) is 6.61 Å². The van der Waals surface area contributed by atoms with Crippen LogP contribution < -0.4 is 10.1 Å². The lowest BCUT2D eigenvalue weighted by atomic mass is 10.1. The Kier molecular flexibility index (Phi) is 5.30. The lowest BCUT2D eigenvalue weighted by Crippen LogP contribution is -2.12. The highest BCUT2D eigenvalue weighted by Gasteiger charge is 2.12. The predicted molar refractivity (Wildman–Crippen MR) is 127 cm³/mol. The molecule has 4 aromatic carbocycles. The van der Waals surface area contributed by atoms with Crippen LogP contribution in [0.25, 0.3) is 33.3 Å². The van der Waals surface area contributed by atoms with E-state index in [1.54, 1.807) is 12.1 Å². The number of carbonyl (C=O) groups excluding carboxylic acids is 1. The van der Waals surface area contributed by atoms with E-state index in [1.165, 1.54) is 5.39 Å². The molecule has 0 fully saturated rings. The molecule has 0 spiro atoms. The number of hydrogen-bond donors (Lipinski definition) is 1. The minimum absolute atomic E-state index is 0.204. The summed E-state index contributed by atoms with van der Waals surface area (Å²) in [6, 6.07) is 26.9. The van der Waals surface area contributed by atoms with Gasteiger partial charge in [-0.25, -0.2) is 4.98 Å². The van der Waals surface area contributed by atoms with Crippen LogP contribution in [-0.2, 0) is 0 Å². The standard InChI is InChI=1S/C27H22N2O3/c1-2-14-31-23-9-5-8-20(16-23)26(30)28-22-12-13-25-24(17-22)29-27(32-25)21-11-10-18-6-3-4-7-19(18)15-21/h3-13,15-17H,2,14H2,1H3,(H,28,30). The summed E-state index contributed by atoms with van der Waals surface area (Å²) in [5.74, 6) is 1.03. The molecule has 5 aromatic rings. The summed E-state index contributed by atoms with van der Waals surface area (Å²) in [7, 11) is 0. The highest BCUT2D eigenvalue weighted by Crippen LogP contribution is 2.28. The first-order valence-electron chi connectivity index (χ1n) is 10.6. The Morgan fingerprint density at radius 3 is 2.69 bits per heavy atom. The van der Waals surface area contributed by atoms with Gasteiger partial charge in [0.2, 0.25) is 5.89 Å². The molecule has 1 aromatic heterocycles. The van der Waals surface area contributed by atoms with Gasteiger partial charge in [-0.3, -0.25) is 4.79 Å². The molecule has 1 heterocycles. The second kappa shape index (κ2) is 8.55. The van der Waals surface area contributed by atoms with Crippen LogP contribution in [0.2, 0.25) is 0 Å². The van der Waals surface area contributed by atoms with Crippen LogP contribution in [0, 0.1) is 0 Å². The highest BCUT2D eigenvalue weighted by molar-refractivity contribution is 6.05. The zero-order chi connectivity index (χ0) is 21.9. The molecule has 0 atom stereocenters. The zero-order valence-electron chi connectivity index (χ0n) is 17.7. The van der Waals surface area contributed by atoms with Crippen LogP contribution in [-0.4, -0.2) is 17.5 Å². The van der Waals surface area contributed by atoms with Gasteiger partial charge in [-0.15, -0.1) is 0 Å². The molecule has 1 N–H and O–H groups in total. The third-order valence-corrected chi connectivity index (χ3v) is 5.21. The van der Waals surface area contributed by atoms with Crippen LogP contribution in [0.4, 0.5) is 5.69 Å². The molecule has 1 amide bonds. The van der Waals surface area contributed by atoms with E-state index >= 15 is 0 Å². The van der Waals surface area contributed by atoms with Crippen molar-refractivity contribution in [1.29, 1.82) is 0 Å². The van der Waals surface area contributed by atoms with E-state index in [9.17, 15) is 4.79 Å². The summed E-state index contributed by atoms with van der Waals surface area (Å²) in [5, 5.41) is 5.23. The third kappa shape index (κ3) is 4.05. The van der Waals surface area contributed by atoms with E-state index < -0.39 is 0 Å². The van der Waals surface area contributed by atoms with Crippen LogP contribution in [0.15, 0.2) is 89.3 Å². The number of amides is 1. The Bertz CT molecular complexity index is 1420. The van der Waals surface area contributed by atoms with Gasteiger partial charge in [-0.1, -0.05) is 43.3 Å². The van der Waals surface area contributed by atoms with Crippen molar-refractivity contribution in [2.24, 2.45) is 0 Å². The van der Waals surface area contributed by atoms with Gasteiger partial charge >= 0.3 is 0 Å². The summed E-state index contributed by atoms with van der Waals surface area (Å²) in [4.78, 5) is 17.4. The summed E-state index contributed by atoms with van der Waals surface area (Å²) >= 11 is 0. The largest absolute Gasteiger partial charge is 0.494 e. The second-order valence-electron chi connectivity index (χ2n) is 7.59. The zero-order valence-corrected chi connectivity index (χ0v) is 17.7. The number of nitrogens with one attached hydrogen (secondary N) is 1. The number of hydrogen-bond acceptors (Lipinski definition) is 4. The quantitative estimate of drug-likeness (QED) is 0.331. The van der Waals surface area contributed by atoms with Crippen molar-refractivity contribution in [3.63, 3.8) is 0 Å². The Hall–Kier alpha value is -4.12. The van der Waals surface area contributed by atoms with Gasteiger partial charge in [0, 0.05) is 16.8 Å². The van der Waals surface area contributed by atoms with Crippen LogP contribution in [0.3, 0.4) is 0 Å². The molecule has 0 radical (unpaired) electrons. The van der Waals surface area contributed by atoms with Gasteiger partial charge in [0.25, 0.3) is 5.91 Å². The van der Waals surface area contributed by atoms with Crippen molar-refractivity contribution in [2.75, 3.05) is 11.9 Å². The SMILES string of the molecule is CCCOc1cccc(C(=O)Nc2ccc3oc(-c4ccc5ccccc5c4)nc3c2)c1. The van der Waals surface area contributed by atoms with Gasteiger partial charge in [-0.05, 0) is 65.7 Å². The van der Waals surface area contributed by atoms with Crippen molar-refractivity contribution >= 4 is 33.5 Å². The molecule has 5 nitrogen and oxygen atoms in total. The average molecular weight is 422 g/mol. The van der Waals surface area contributed by atoms with Crippen molar-refractivity contribution in [3.8, 4) is 17.2 Å². The van der Waals surface area contributed by atoms with E-state index in [4.69, 9.17) is 9.15 Å². The molecule has 0 unspecified atom stereocenters. The lowest BCUT2D eigenvalue weighted by molar-refractivity contribution is 0.102. The molecule has 0 saturated heterocycles. The van der Waals surface area contributed by atoms with E-state index in [2.05, 4.69) is 34.6 Å². The van der Waals surface area contributed by atoms with Crippen LogP contribution in [0.5, 0.6) is 5.75 Å². The first kappa shape index (κ1) is 19.8. The van der Waals surface area contributed by atoms with Gasteiger partial charge in [-0.2, -0.15) is 0 Å². The molecule has 5 rings (SSSR count). The van der Waals surface area contributed by atoms with Crippen molar-refractivity contribution in [1.82, 2.24) is 4.98 Å². The smallest absolute Gasteiger partial charge is 0.255 e. The minimum Gasteiger partial charge on any atom is -0.494 e. The molecule has 0 saturated carbocycles. The van der Waals surface area contributed by atoms with Crippen LogP contribution in [0.1, 0.15) is 23.7 Å². The van der Waals surface area contributed by atoms with Crippen molar-refractivity contribution in [2.45, 2.75) is 13.3 Å². The van der Waals surface area contributed by atoms with E-state index in [0.29, 0.717) is 40.6 Å². The topological polar surface area (TPSA) is 64.4 Å². The maximum Gasteiger partial charge on any atom is 0.255 e. The monoisotopic (exact) mass is 422 g/mol. The van der Waals surface area contributed by atoms with Crippen molar-refractivity contribution < 1.29 is 13.9 Å². The number of aromatic nitrogens is 1. The second-order valence-corrected chi connectivity index (χ2v) is 7.59. The molecule has 158 valence electrons. The summed E-state index contributed by atoms with van der Waals surface area (Å²) < 4.78 is 11.6. The molecule has 5 heteroatoms. The summed E-state index contributed by atoms with van der Waals surface area (Å²) in [5.41, 5.74) is 3.46. The Morgan fingerprint density at radius 2 is 1.81 bits per heavy atom. The van der Waals surface area contributed by atoms with Crippen molar-refractivity contribution in [3.05, 3.63) is 90.5 Å². The first-order chi connectivity index (χ1) is 15.7. The number of ether oxygens (including phenoxy) is 1. The minimum atomic E-state index is -0.204. The summed E-state index contributed by atoms with van der Waals surface area (Å²) in [6.45, 7) is 2.66.